The van der Waals surface area contributed by atoms with Gasteiger partial charge in [0.2, 0.25) is 0 Å². The fourth-order valence-electron chi connectivity index (χ4n) is 3.71. The average molecular weight is 334 g/mol. The van der Waals surface area contributed by atoms with Crippen LogP contribution < -0.4 is 0 Å². The van der Waals surface area contributed by atoms with Gasteiger partial charge in [-0.05, 0) is 42.9 Å². The van der Waals surface area contributed by atoms with Crippen molar-refractivity contribution < 1.29 is 4.79 Å². The van der Waals surface area contributed by atoms with Crippen LogP contribution in [-0.4, -0.2) is 38.7 Å². The Balaban J connectivity index is 1.41. The Morgan fingerprint density at radius 1 is 1.20 bits per heavy atom. The van der Waals surface area contributed by atoms with Crippen molar-refractivity contribution in [2.75, 3.05) is 13.1 Å². The molecule has 2 aromatic heterocycles. The number of nitrogens with zero attached hydrogens (tertiary/aromatic N) is 4. The lowest BCUT2D eigenvalue weighted by molar-refractivity contribution is 0.0690. The van der Waals surface area contributed by atoms with Gasteiger partial charge in [0.05, 0.1) is 17.3 Å². The predicted octanol–water partition coefficient (Wildman–Crippen LogP) is 3.06. The maximum absolute atomic E-state index is 12.5. The zero-order valence-corrected chi connectivity index (χ0v) is 14.4. The third kappa shape index (κ3) is 3.27. The van der Waals surface area contributed by atoms with E-state index in [9.17, 15) is 4.79 Å². The topological polar surface area (TPSA) is 51.0 Å². The number of piperidine rings is 1. The summed E-state index contributed by atoms with van der Waals surface area (Å²) >= 11 is 0. The third-order valence-corrected chi connectivity index (χ3v) is 5.10. The molecule has 128 valence electrons. The van der Waals surface area contributed by atoms with E-state index in [4.69, 9.17) is 0 Å². The highest BCUT2D eigenvalue weighted by Gasteiger charge is 2.24. The average Bonchev–Trinajstić information content (AvgIpc) is 3.08. The minimum atomic E-state index is 0.0981. The monoisotopic (exact) mass is 334 g/mol. The number of amides is 1. The fraction of sp³-hybridized carbons (Fsp3) is 0.350. The number of carbonyl (C=O) groups is 1. The van der Waals surface area contributed by atoms with Crippen LogP contribution in [0.3, 0.4) is 0 Å². The number of benzene rings is 1. The molecule has 1 saturated heterocycles. The molecule has 1 fully saturated rings. The Bertz CT molecular complexity index is 888. The lowest BCUT2D eigenvalue weighted by Gasteiger charge is -2.32. The van der Waals surface area contributed by atoms with Crippen LogP contribution in [0, 0.1) is 5.92 Å². The van der Waals surface area contributed by atoms with Gasteiger partial charge >= 0.3 is 0 Å². The summed E-state index contributed by atoms with van der Waals surface area (Å²) < 4.78 is 1.68. The number of likely N-dealkylation sites (tertiary alicyclic amines) is 1. The van der Waals surface area contributed by atoms with Gasteiger partial charge in [0.25, 0.3) is 5.91 Å². The number of rotatable bonds is 3. The van der Waals surface area contributed by atoms with Crippen molar-refractivity contribution in [2.45, 2.75) is 19.3 Å². The van der Waals surface area contributed by atoms with Gasteiger partial charge in [0.1, 0.15) is 0 Å². The molecule has 0 saturated carbocycles. The second kappa shape index (κ2) is 6.67. The van der Waals surface area contributed by atoms with Crippen LogP contribution in [0.5, 0.6) is 0 Å². The van der Waals surface area contributed by atoms with Gasteiger partial charge in [-0.25, -0.2) is 0 Å². The predicted molar refractivity (Wildman–Crippen MR) is 97.3 cm³/mol. The van der Waals surface area contributed by atoms with Crippen LogP contribution in [0.2, 0.25) is 0 Å². The molecule has 0 atom stereocenters. The third-order valence-electron chi connectivity index (χ3n) is 5.10. The summed E-state index contributed by atoms with van der Waals surface area (Å²) in [6.07, 6.45) is 8.42. The highest BCUT2D eigenvalue weighted by Crippen LogP contribution is 2.26. The van der Waals surface area contributed by atoms with Crippen LogP contribution in [-0.2, 0) is 13.5 Å². The number of aryl methyl sites for hydroxylation is 1. The summed E-state index contributed by atoms with van der Waals surface area (Å²) in [7, 11) is 1.84. The molecule has 0 bridgehead atoms. The van der Waals surface area contributed by atoms with Gasteiger partial charge in [-0.3, -0.25) is 14.5 Å². The van der Waals surface area contributed by atoms with Gasteiger partial charge in [0.15, 0.2) is 0 Å². The molecule has 0 N–H and O–H groups in total. The minimum absolute atomic E-state index is 0.0981. The van der Waals surface area contributed by atoms with Crippen molar-refractivity contribution in [3.8, 4) is 0 Å². The van der Waals surface area contributed by atoms with Crippen molar-refractivity contribution in [3.63, 3.8) is 0 Å². The Labute approximate surface area is 147 Å². The van der Waals surface area contributed by atoms with Gasteiger partial charge in [0, 0.05) is 37.9 Å². The van der Waals surface area contributed by atoms with Crippen LogP contribution >= 0.6 is 0 Å². The summed E-state index contributed by atoms with van der Waals surface area (Å²) in [5.74, 6) is 0.713. The summed E-state index contributed by atoms with van der Waals surface area (Å²) in [6.45, 7) is 1.64. The first-order valence-electron chi connectivity index (χ1n) is 8.81. The van der Waals surface area contributed by atoms with Gasteiger partial charge in [-0.1, -0.05) is 18.2 Å². The number of carbonyl (C=O) groups excluding carboxylic acids is 1. The molecule has 25 heavy (non-hydrogen) atoms. The molecular weight excluding hydrogens is 312 g/mol. The number of aromatic nitrogens is 3. The van der Waals surface area contributed by atoms with Crippen molar-refractivity contribution in [2.24, 2.45) is 13.0 Å². The quantitative estimate of drug-likeness (QED) is 0.740. The molecule has 1 aromatic carbocycles. The van der Waals surface area contributed by atoms with E-state index in [2.05, 4.69) is 34.3 Å². The lowest BCUT2D eigenvalue weighted by Crippen LogP contribution is -2.38. The molecule has 0 spiro atoms. The molecule has 0 radical (unpaired) electrons. The molecule has 1 aliphatic rings. The van der Waals surface area contributed by atoms with Crippen LogP contribution in [0.25, 0.3) is 10.9 Å². The highest BCUT2D eigenvalue weighted by molar-refractivity contribution is 5.93. The molecule has 1 aliphatic heterocycles. The zero-order valence-electron chi connectivity index (χ0n) is 14.4. The van der Waals surface area contributed by atoms with E-state index in [1.165, 1.54) is 10.9 Å². The Hall–Kier alpha value is -2.69. The van der Waals surface area contributed by atoms with Crippen LogP contribution in [0.1, 0.15) is 28.8 Å². The molecule has 3 aromatic rings. The molecule has 4 rings (SSSR count). The largest absolute Gasteiger partial charge is 0.339 e. The van der Waals surface area contributed by atoms with E-state index in [1.807, 2.05) is 24.2 Å². The van der Waals surface area contributed by atoms with E-state index in [1.54, 1.807) is 17.1 Å². The minimum Gasteiger partial charge on any atom is -0.339 e. The van der Waals surface area contributed by atoms with E-state index < -0.39 is 0 Å². The Morgan fingerprint density at radius 3 is 2.80 bits per heavy atom. The first-order chi connectivity index (χ1) is 12.2. The summed E-state index contributed by atoms with van der Waals surface area (Å²) in [5, 5.41) is 5.34. The SMILES string of the molecule is Cn1cc(C(=O)N2CCC(Cc3cccc4ncccc34)CC2)cn1. The molecule has 5 nitrogen and oxygen atoms in total. The molecular formula is C20H22N4O. The van der Waals surface area contributed by atoms with Gasteiger partial charge < -0.3 is 4.90 Å². The highest BCUT2D eigenvalue weighted by atomic mass is 16.2. The van der Waals surface area contributed by atoms with E-state index in [-0.39, 0.29) is 5.91 Å². The molecule has 1 amide bonds. The summed E-state index contributed by atoms with van der Waals surface area (Å²) in [5.41, 5.74) is 3.10. The maximum Gasteiger partial charge on any atom is 0.257 e. The van der Waals surface area contributed by atoms with Crippen molar-refractivity contribution in [1.29, 1.82) is 0 Å². The summed E-state index contributed by atoms with van der Waals surface area (Å²) in [6, 6.07) is 10.5. The normalized spacial score (nSPS) is 15.6. The van der Waals surface area contributed by atoms with Crippen LogP contribution in [0.4, 0.5) is 0 Å². The lowest BCUT2D eigenvalue weighted by atomic mass is 9.88. The number of hydrogen-bond acceptors (Lipinski definition) is 3. The first-order valence-corrected chi connectivity index (χ1v) is 8.81. The zero-order chi connectivity index (χ0) is 17.2. The van der Waals surface area contributed by atoms with E-state index >= 15 is 0 Å². The molecule has 0 unspecified atom stereocenters. The van der Waals surface area contributed by atoms with Gasteiger partial charge in [-0.15, -0.1) is 0 Å². The standard InChI is InChI=1S/C20H22N4O/c1-23-14-17(13-22-23)20(25)24-10-7-15(8-11-24)12-16-4-2-6-19-18(16)5-3-9-21-19/h2-6,9,13-15H,7-8,10-12H2,1H3. The summed E-state index contributed by atoms with van der Waals surface area (Å²) in [4.78, 5) is 18.9. The number of hydrogen-bond donors (Lipinski definition) is 0. The number of pyridine rings is 1. The number of fused-ring (bicyclic) bond motifs is 1. The molecule has 3 heterocycles. The Kier molecular flexibility index (Phi) is 4.22. The molecule has 0 aliphatic carbocycles. The smallest absolute Gasteiger partial charge is 0.257 e. The van der Waals surface area contributed by atoms with E-state index in [0.717, 1.165) is 37.9 Å². The van der Waals surface area contributed by atoms with Gasteiger partial charge in [-0.2, -0.15) is 5.10 Å². The van der Waals surface area contributed by atoms with Crippen molar-refractivity contribution in [3.05, 3.63) is 60.0 Å². The van der Waals surface area contributed by atoms with E-state index in [0.29, 0.717) is 11.5 Å². The fourth-order valence-corrected chi connectivity index (χ4v) is 3.71. The first kappa shape index (κ1) is 15.8. The van der Waals surface area contributed by atoms with Crippen molar-refractivity contribution >= 4 is 16.8 Å². The van der Waals surface area contributed by atoms with Crippen molar-refractivity contribution in [1.82, 2.24) is 19.7 Å². The maximum atomic E-state index is 12.5. The second-order valence-electron chi connectivity index (χ2n) is 6.83. The second-order valence-corrected chi connectivity index (χ2v) is 6.83. The Morgan fingerprint density at radius 2 is 2.04 bits per heavy atom. The van der Waals surface area contributed by atoms with Crippen LogP contribution in [0.15, 0.2) is 48.9 Å². The molecule has 5 heteroatoms.